The molecule has 13 heteroatoms. The van der Waals surface area contributed by atoms with Crippen molar-refractivity contribution in [3.63, 3.8) is 0 Å². The maximum Gasteiger partial charge on any atom is 0.417 e. The van der Waals surface area contributed by atoms with E-state index in [9.17, 15) is 18.0 Å². The molecule has 4 aromatic rings. The summed E-state index contributed by atoms with van der Waals surface area (Å²) in [6.07, 6.45) is -1.54. The van der Waals surface area contributed by atoms with E-state index in [1.807, 2.05) is 19.1 Å². The van der Waals surface area contributed by atoms with Gasteiger partial charge < -0.3 is 20.7 Å². The molecule has 224 valence electrons. The highest BCUT2D eigenvalue weighted by Crippen LogP contribution is 2.35. The highest BCUT2D eigenvalue weighted by Gasteiger charge is 2.33. The van der Waals surface area contributed by atoms with Gasteiger partial charge in [-0.15, -0.1) is 0 Å². The Morgan fingerprint density at radius 2 is 1.86 bits per heavy atom. The molecule has 2 aromatic carbocycles. The van der Waals surface area contributed by atoms with E-state index in [1.54, 1.807) is 30.5 Å². The largest absolute Gasteiger partial charge is 0.417 e. The number of rotatable bonds is 9. The summed E-state index contributed by atoms with van der Waals surface area (Å²) in [5.74, 6) is 0.509. The zero-order valence-electron chi connectivity index (χ0n) is 23.2. The maximum atomic E-state index is 13.3. The Morgan fingerprint density at radius 3 is 2.65 bits per heavy atom. The van der Waals surface area contributed by atoms with E-state index in [-0.39, 0.29) is 5.56 Å². The van der Waals surface area contributed by atoms with Crippen LogP contribution in [0.4, 0.5) is 36.2 Å². The first kappa shape index (κ1) is 30.2. The van der Waals surface area contributed by atoms with Crippen molar-refractivity contribution in [2.75, 3.05) is 55.3 Å². The van der Waals surface area contributed by atoms with Crippen molar-refractivity contribution < 1.29 is 22.7 Å². The fraction of sp³-hybridized carbons (Fsp3) is 0.267. The number of morpholine rings is 1. The number of hydrogen-bond acceptors (Lipinski definition) is 8. The quantitative estimate of drug-likeness (QED) is 0.204. The van der Waals surface area contributed by atoms with Gasteiger partial charge in [-0.1, -0.05) is 17.7 Å². The summed E-state index contributed by atoms with van der Waals surface area (Å²) in [5.41, 5.74) is 2.03. The lowest BCUT2D eigenvalue weighted by Crippen LogP contribution is -2.39. The molecule has 0 bridgehead atoms. The van der Waals surface area contributed by atoms with E-state index >= 15 is 0 Å². The number of alkyl halides is 3. The Kier molecular flexibility index (Phi) is 9.39. The molecule has 5 rings (SSSR count). The summed E-state index contributed by atoms with van der Waals surface area (Å²) in [7, 11) is 0. The molecule has 3 heterocycles. The van der Waals surface area contributed by atoms with Crippen molar-refractivity contribution in [2.45, 2.75) is 13.1 Å². The van der Waals surface area contributed by atoms with E-state index in [2.05, 4.69) is 35.8 Å². The molecule has 1 aliphatic heterocycles. The summed E-state index contributed by atoms with van der Waals surface area (Å²) in [4.78, 5) is 28.4. The SMILES string of the molecule is Cc1ccc(NC(=O)c2ccc(Cl)c(C(F)(F)F)c2)cc1Nc1ncccc1-c1cc(NCCN2CCOCC2)ncn1. The van der Waals surface area contributed by atoms with Crippen LogP contribution in [0.15, 0.2) is 67.1 Å². The minimum atomic E-state index is -4.68. The predicted molar refractivity (Wildman–Crippen MR) is 160 cm³/mol. The Hall–Kier alpha value is -4.26. The van der Waals surface area contributed by atoms with Crippen LogP contribution in [0.3, 0.4) is 0 Å². The van der Waals surface area contributed by atoms with Gasteiger partial charge in [-0.05, 0) is 55.0 Å². The first-order valence-corrected chi connectivity index (χ1v) is 13.9. The monoisotopic (exact) mass is 611 g/mol. The zero-order chi connectivity index (χ0) is 30.4. The number of ether oxygens (including phenoxy) is 1. The second kappa shape index (κ2) is 13.4. The number of pyridine rings is 1. The number of benzene rings is 2. The summed E-state index contributed by atoms with van der Waals surface area (Å²) in [6.45, 7) is 6.78. The van der Waals surface area contributed by atoms with Gasteiger partial charge in [0.25, 0.3) is 5.91 Å². The zero-order valence-corrected chi connectivity index (χ0v) is 24.0. The van der Waals surface area contributed by atoms with E-state index in [0.717, 1.165) is 62.7 Å². The Labute approximate surface area is 251 Å². The van der Waals surface area contributed by atoms with Crippen molar-refractivity contribution in [1.82, 2.24) is 19.9 Å². The fourth-order valence-electron chi connectivity index (χ4n) is 4.53. The van der Waals surface area contributed by atoms with E-state index in [4.69, 9.17) is 16.3 Å². The van der Waals surface area contributed by atoms with Gasteiger partial charge in [-0.3, -0.25) is 9.69 Å². The third-order valence-corrected chi connectivity index (χ3v) is 7.20. The van der Waals surface area contributed by atoms with Crippen molar-refractivity contribution in [2.24, 2.45) is 0 Å². The van der Waals surface area contributed by atoms with Crippen LogP contribution < -0.4 is 16.0 Å². The molecule has 3 N–H and O–H groups in total. The van der Waals surface area contributed by atoms with Crippen molar-refractivity contribution in [3.05, 3.63) is 88.8 Å². The standard InChI is InChI=1S/C30H29ClF3N7O2/c1-19-4-6-21(39-29(42)20-5-7-24(31)23(15-20)30(32,33)34)16-25(19)40-28-22(3-2-8-36-28)26-17-27(38-18-37-26)35-9-10-41-11-13-43-14-12-41/h2-8,15-18H,9-14H2,1H3,(H,36,40)(H,39,42)(H,35,37,38). The molecule has 1 amide bonds. The molecule has 0 unspecified atom stereocenters. The molecule has 43 heavy (non-hydrogen) atoms. The Balaban J connectivity index is 1.31. The predicted octanol–water partition coefficient (Wildman–Crippen LogP) is 6.26. The highest BCUT2D eigenvalue weighted by molar-refractivity contribution is 6.31. The van der Waals surface area contributed by atoms with Crippen molar-refractivity contribution >= 4 is 40.5 Å². The summed E-state index contributed by atoms with van der Waals surface area (Å²) >= 11 is 5.70. The van der Waals surface area contributed by atoms with E-state index < -0.39 is 22.7 Å². The van der Waals surface area contributed by atoms with Crippen LogP contribution >= 0.6 is 11.6 Å². The smallest absolute Gasteiger partial charge is 0.379 e. The number of halogens is 4. The highest BCUT2D eigenvalue weighted by atomic mass is 35.5. The molecule has 1 fully saturated rings. The molecule has 9 nitrogen and oxygen atoms in total. The number of carbonyl (C=O) groups excluding carboxylic acids is 1. The van der Waals surface area contributed by atoms with Crippen LogP contribution in [0.25, 0.3) is 11.3 Å². The average molecular weight is 612 g/mol. The van der Waals surface area contributed by atoms with E-state index in [0.29, 0.717) is 28.7 Å². The number of nitrogens with zero attached hydrogens (tertiary/aromatic N) is 4. The summed E-state index contributed by atoms with van der Waals surface area (Å²) in [5, 5.41) is 8.84. The number of carbonyl (C=O) groups is 1. The normalized spacial score (nSPS) is 13.9. The Morgan fingerprint density at radius 1 is 1.05 bits per heavy atom. The van der Waals surface area contributed by atoms with Gasteiger partial charge in [0, 0.05) is 60.9 Å². The lowest BCUT2D eigenvalue weighted by atomic mass is 10.1. The molecular formula is C30H29ClF3N7O2. The number of hydrogen-bond donors (Lipinski definition) is 3. The Bertz CT molecular complexity index is 1600. The van der Waals surface area contributed by atoms with Gasteiger partial charge in [0.05, 0.1) is 29.5 Å². The number of aromatic nitrogens is 3. The second-order valence-electron chi connectivity index (χ2n) is 9.87. The first-order valence-electron chi connectivity index (χ1n) is 13.5. The van der Waals surface area contributed by atoms with Crippen LogP contribution in [0.2, 0.25) is 5.02 Å². The molecule has 0 radical (unpaired) electrons. The number of amides is 1. The lowest BCUT2D eigenvalue weighted by molar-refractivity contribution is -0.137. The first-order chi connectivity index (χ1) is 20.7. The molecule has 0 spiro atoms. The van der Waals surface area contributed by atoms with Gasteiger partial charge in [-0.2, -0.15) is 13.2 Å². The van der Waals surface area contributed by atoms with Gasteiger partial charge in [0.15, 0.2) is 0 Å². The lowest BCUT2D eigenvalue weighted by Gasteiger charge is -2.26. The minimum Gasteiger partial charge on any atom is -0.379 e. The van der Waals surface area contributed by atoms with Crippen LogP contribution in [0, 0.1) is 6.92 Å². The van der Waals surface area contributed by atoms with Crippen molar-refractivity contribution in [3.8, 4) is 11.3 Å². The third kappa shape index (κ3) is 7.78. The maximum absolute atomic E-state index is 13.3. The molecule has 0 atom stereocenters. The van der Waals surface area contributed by atoms with Gasteiger partial charge in [0.2, 0.25) is 0 Å². The number of aryl methyl sites for hydroxylation is 1. The summed E-state index contributed by atoms with van der Waals surface area (Å²) in [6, 6.07) is 13.7. The van der Waals surface area contributed by atoms with E-state index in [1.165, 1.54) is 12.4 Å². The van der Waals surface area contributed by atoms with Gasteiger partial charge in [-0.25, -0.2) is 15.0 Å². The van der Waals surface area contributed by atoms with Gasteiger partial charge >= 0.3 is 6.18 Å². The minimum absolute atomic E-state index is 0.169. The molecular weight excluding hydrogens is 583 g/mol. The molecule has 0 aliphatic carbocycles. The van der Waals surface area contributed by atoms with Crippen LogP contribution in [0.1, 0.15) is 21.5 Å². The topological polar surface area (TPSA) is 104 Å². The molecule has 0 saturated carbocycles. The molecule has 1 aliphatic rings. The number of anilines is 4. The van der Waals surface area contributed by atoms with Gasteiger partial charge in [0.1, 0.15) is 18.0 Å². The fourth-order valence-corrected chi connectivity index (χ4v) is 4.75. The van der Waals surface area contributed by atoms with Crippen molar-refractivity contribution in [1.29, 1.82) is 0 Å². The third-order valence-electron chi connectivity index (χ3n) is 6.87. The van der Waals surface area contributed by atoms with Crippen LogP contribution in [0.5, 0.6) is 0 Å². The average Bonchev–Trinajstić information content (AvgIpc) is 2.99. The second-order valence-corrected chi connectivity index (χ2v) is 10.3. The van der Waals surface area contributed by atoms with Crippen LogP contribution in [-0.4, -0.2) is 65.2 Å². The number of nitrogens with one attached hydrogen (secondary N) is 3. The molecule has 2 aromatic heterocycles. The van der Waals surface area contributed by atoms with Crippen LogP contribution in [-0.2, 0) is 10.9 Å². The molecule has 1 saturated heterocycles. The summed E-state index contributed by atoms with van der Waals surface area (Å²) < 4.78 is 45.2.